The van der Waals surface area contributed by atoms with Gasteiger partial charge < -0.3 is 14.9 Å². The monoisotopic (exact) mass is 406 g/mol. The molecule has 0 heterocycles. The maximum absolute atomic E-state index is 12.6. The maximum Gasteiger partial charge on any atom is 0.306 e. The number of hydrogen-bond acceptors (Lipinski definition) is 5. The molecule has 162 valence electrons. The minimum atomic E-state index is -1.01. The van der Waals surface area contributed by atoms with Gasteiger partial charge in [-0.25, -0.2) is 0 Å². The molecular formula is C23H34O6. The minimum absolute atomic E-state index is 0.133. The Hall–Kier alpha value is -1.43. The smallest absolute Gasteiger partial charge is 0.306 e. The predicted octanol–water partition coefficient (Wildman–Crippen LogP) is 3.35. The number of aliphatic hydroxyl groups excluding tert-OH is 1. The predicted molar refractivity (Wildman–Crippen MR) is 105 cm³/mol. The lowest BCUT2D eigenvalue weighted by Crippen LogP contribution is -2.60. The molecule has 2 N–H and O–H groups in total. The Bertz CT molecular complexity index is 703. The molecule has 4 fully saturated rings. The summed E-state index contributed by atoms with van der Waals surface area (Å²) in [6.45, 7) is 4.39. The van der Waals surface area contributed by atoms with Crippen LogP contribution < -0.4 is 0 Å². The summed E-state index contributed by atoms with van der Waals surface area (Å²) in [5.41, 5.74) is -0.403. The SMILES string of the molecule is C[C@]12C(CCC3C1CC[C@]1(C)C(=O)CCC31)C[C@H](O)CC2OC(=O)CCC(=O)O. The van der Waals surface area contributed by atoms with E-state index in [1.807, 2.05) is 0 Å². The summed E-state index contributed by atoms with van der Waals surface area (Å²) in [7, 11) is 0. The number of aliphatic carboxylic acids is 1. The van der Waals surface area contributed by atoms with Crippen molar-refractivity contribution in [3.05, 3.63) is 0 Å². The molecule has 6 heteroatoms. The van der Waals surface area contributed by atoms with Gasteiger partial charge in [0.05, 0.1) is 18.9 Å². The Morgan fingerprint density at radius 2 is 1.83 bits per heavy atom. The molecule has 0 aromatic carbocycles. The third-order valence-corrected chi connectivity index (χ3v) is 9.23. The summed E-state index contributed by atoms with van der Waals surface area (Å²) in [4.78, 5) is 35.8. The third kappa shape index (κ3) is 3.31. The number of aliphatic hydroxyl groups is 1. The Labute approximate surface area is 172 Å². The number of rotatable bonds is 4. The van der Waals surface area contributed by atoms with Gasteiger partial charge in [-0.1, -0.05) is 13.8 Å². The molecule has 4 aliphatic carbocycles. The lowest BCUT2D eigenvalue weighted by molar-refractivity contribution is -0.201. The van der Waals surface area contributed by atoms with Crippen LogP contribution in [0.2, 0.25) is 0 Å². The van der Waals surface area contributed by atoms with E-state index in [0.717, 1.165) is 38.5 Å². The van der Waals surface area contributed by atoms with Crippen molar-refractivity contribution in [2.24, 2.45) is 34.5 Å². The van der Waals surface area contributed by atoms with Crippen LogP contribution >= 0.6 is 0 Å². The Kier molecular flexibility index (Phi) is 5.29. The highest BCUT2D eigenvalue weighted by Gasteiger charge is 2.63. The van der Waals surface area contributed by atoms with Crippen LogP contribution in [-0.2, 0) is 19.1 Å². The second-order valence-electron chi connectivity index (χ2n) is 10.4. The topological polar surface area (TPSA) is 101 Å². The van der Waals surface area contributed by atoms with Crippen LogP contribution in [0.3, 0.4) is 0 Å². The largest absolute Gasteiger partial charge is 0.481 e. The van der Waals surface area contributed by atoms with Gasteiger partial charge in [0.1, 0.15) is 11.9 Å². The molecular weight excluding hydrogens is 372 g/mol. The number of carboxylic acid groups (broad SMARTS) is 1. The first-order chi connectivity index (χ1) is 13.7. The first-order valence-corrected chi connectivity index (χ1v) is 11.3. The van der Waals surface area contributed by atoms with Gasteiger partial charge in [0.25, 0.3) is 0 Å². The molecule has 6 nitrogen and oxygen atoms in total. The van der Waals surface area contributed by atoms with Crippen molar-refractivity contribution in [1.82, 2.24) is 0 Å². The van der Waals surface area contributed by atoms with E-state index < -0.39 is 18.0 Å². The number of hydrogen-bond donors (Lipinski definition) is 2. The number of carbonyl (C=O) groups is 3. The van der Waals surface area contributed by atoms with Crippen LogP contribution in [0.5, 0.6) is 0 Å². The van der Waals surface area contributed by atoms with Gasteiger partial charge in [-0.2, -0.15) is 0 Å². The van der Waals surface area contributed by atoms with E-state index in [2.05, 4.69) is 13.8 Å². The average molecular weight is 407 g/mol. The normalized spacial score (nSPS) is 46.4. The summed E-state index contributed by atoms with van der Waals surface area (Å²) >= 11 is 0. The van der Waals surface area contributed by atoms with Crippen molar-refractivity contribution in [2.75, 3.05) is 0 Å². The maximum atomic E-state index is 12.6. The molecule has 5 unspecified atom stereocenters. The summed E-state index contributed by atoms with van der Waals surface area (Å²) in [6, 6.07) is 0. The van der Waals surface area contributed by atoms with Crippen molar-refractivity contribution in [3.8, 4) is 0 Å². The van der Waals surface area contributed by atoms with E-state index in [1.54, 1.807) is 0 Å². The Morgan fingerprint density at radius 1 is 1.07 bits per heavy atom. The van der Waals surface area contributed by atoms with E-state index in [9.17, 15) is 19.5 Å². The van der Waals surface area contributed by atoms with E-state index in [1.165, 1.54) is 0 Å². The lowest BCUT2D eigenvalue weighted by Gasteiger charge is -2.61. The molecule has 0 radical (unpaired) electrons. The molecule has 4 saturated carbocycles. The zero-order chi connectivity index (χ0) is 21.0. The highest BCUT2D eigenvalue weighted by atomic mass is 16.5. The summed E-state index contributed by atoms with van der Waals surface area (Å²) in [6.07, 6.45) is 5.56. The average Bonchev–Trinajstić information content (AvgIpc) is 2.96. The summed E-state index contributed by atoms with van der Waals surface area (Å²) < 4.78 is 5.86. The van der Waals surface area contributed by atoms with Crippen molar-refractivity contribution >= 4 is 17.7 Å². The number of ether oxygens (including phenoxy) is 1. The van der Waals surface area contributed by atoms with Gasteiger partial charge in [0.2, 0.25) is 0 Å². The standard InChI is InChI=1S/C23H34O6/c1-22-10-9-17-15(16(22)5-6-18(22)25)4-3-13-11-14(24)12-19(23(13,17)2)29-21(28)8-7-20(26)27/h13-17,19,24H,3-12H2,1-2H3,(H,26,27)/t13?,14-,15?,16?,17?,19?,22-,23-/m0/s1. The van der Waals surface area contributed by atoms with Gasteiger partial charge >= 0.3 is 11.9 Å². The highest BCUT2D eigenvalue weighted by molar-refractivity contribution is 5.87. The van der Waals surface area contributed by atoms with Crippen molar-refractivity contribution in [1.29, 1.82) is 0 Å². The van der Waals surface area contributed by atoms with E-state index in [4.69, 9.17) is 9.84 Å². The van der Waals surface area contributed by atoms with Crippen LogP contribution in [0.4, 0.5) is 0 Å². The van der Waals surface area contributed by atoms with Crippen molar-refractivity contribution < 1.29 is 29.3 Å². The number of esters is 1. The first-order valence-electron chi connectivity index (χ1n) is 11.3. The number of ketones is 1. The van der Waals surface area contributed by atoms with Gasteiger partial charge in [-0.15, -0.1) is 0 Å². The quantitative estimate of drug-likeness (QED) is 0.695. The van der Waals surface area contributed by atoms with Crippen molar-refractivity contribution in [2.45, 2.75) is 90.3 Å². The number of carbonyl (C=O) groups excluding carboxylic acids is 2. The minimum Gasteiger partial charge on any atom is -0.481 e. The molecule has 0 aromatic heterocycles. The molecule has 0 bridgehead atoms. The van der Waals surface area contributed by atoms with E-state index >= 15 is 0 Å². The molecule has 8 atom stereocenters. The molecule has 0 aliphatic heterocycles. The van der Waals surface area contributed by atoms with Crippen LogP contribution in [-0.4, -0.2) is 40.1 Å². The fourth-order valence-corrected chi connectivity index (χ4v) is 7.64. The molecule has 0 amide bonds. The molecule has 0 saturated heterocycles. The Balaban J connectivity index is 1.58. The number of carboxylic acids is 1. The van der Waals surface area contributed by atoms with Gasteiger partial charge in [-0.3, -0.25) is 14.4 Å². The van der Waals surface area contributed by atoms with Gasteiger partial charge in [0.15, 0.2) is 0 Å². The first kappa shape index (κ1) is 20.8. The summed E-state index contributed by atoms with van der Waals surface area (Å²) in [5, 5.41) is 19.3. The molecule has 0 aromatic rings. The fraction of sp³-hybridized carbons (Fsp3) is 0.870. The number of fused-ring (bicyclic) bond motifs is 5. The van der Waals surface area contributed by atoms with E-state index in [-0.39, 0.29) is 29.8 Å². The second-order valence-corrected chi connectivity index (χ2v) is 10.4. The van der Waals surface area contributed by atoms with Crippen LogP contribution in [0, 0.1) is 34.5 Å². The van der Waals surface area contributed by atoms with Gasteiger partial charge in [-0.05, 0) is 62.2 Å². The molecule has 29 heavy (non-hydrogen) atoms. The molecule has 4 rings (SSSR count). The number of Topliss-reactive ketones (excluding diaryl/α,β-unsaturated/α-hetero) is 1. The van der Waals surface area contributed by atoms with Gasteiger partial charge in [0, 0.05) is 23.7 Å². The van der Waals surface area contributed by atoms with Crippen molar-refractivity contribution in [3.63, 3.8) is 0 Å². The van der Waals surface area contributed by atoms with Crippen LogP contribution in [0.25, 0.3) is 0 Å². The zero-order valence-corrected chi connectivity index (χ0v) is 17.6. The highest BCUT2D eigenvalue weighted by Crippen LogP contribution is 2.65. The summed E-state index contributed by atoms with van der Waals surface area (Å²) in [5.74, 6) is 0.499. The zero-order valence-electron chi connectivity index (χ0n) is 17.6. The molecule has 4 aliphatic rings. The Morgan fingerprint density at radius 3 is 2.55 bits per heavy atom. The van der Waals surface area contributed by atoms with Crippen LogP contribution in [0.15, 0.2) is 0 Å². The molecule has 0 spiro atoms. The third-order valence-electron chi connectivity index (χ3n) is 9.23. The fourth-order valence-electron chi connectivity index (χ4n) is 7.64. The second kappa shape index (κ2) is 7.36. The lowest BCUT2D eigenvalue weighted by atomic mass is 9.44. The van der Waals surface area contributed by atoms with Crippen LogP contribution in [0.1, 0.15) is 78.1 Å². The van der Waals surface area contributed by atoms with E-state index in [0.29, 0.717) is 42.3 Å².